The molecule has 0 saturated carbocycles. The van der Waals surface area contributed by atoms with Crippen LogP contribution in [0.15, 0.2) is 18.2 Å². The quantitative estimate of drug-likeness (QED) is 0.798. The molecular formula is C20H30F2N4O. The number of likely N-dealkylation sites (tertiary alicyclic amines) is 1. The molecule has 2 atom stereocenters. The summed E-state index contributed by atoms with van der Waals surface area (Å²) in [6.07, 6.45) is 4.70. The molecule has 150 valence electrons. The Balaban J connectivity index is 1.34. The normalized spacial score (nSPS) is 23.4. The van der Waals surface area contributed by atoms with E-state index in [9.17, 15) is 13.6 Å². The summed E-state index contributed by atoms with van der Waals surface area (Å²) in [5.41, 5.74) is 0.691. The first-order chi connectivity index (χ1) is 13.0. The fourth-order valence-corrected chi connectivity index (χ4v) is 4.02. The van der Waals surface area contributed by atoms with Crippen LogP contribution in [-0.4, -0.2) is 56.2 Å². The number of carbonyl (C=O) groups excluding carboxylic acids is 1. The topological polar surface area (TPSA) is 47.6 Å². The zero-order valence-corrected chi connectivity index (χ0v) is 16.0. The predicted octanol–water partition coefficient (Wildman–Crippen LogP) is 2.96. The lowest BCUT2D eigenvalue weighted by Crippen LogP contribution is -2.45. The lowest BCUT2D eigenvalue weighted by molar-refractivity contribution is 0.161. The molecule has 5 nitrogen and oxygen atoms in total. The number of urea groups is 1. The highest BCUT2D eigenvalue weighted by Crippen LogP contribution is 2.25. The van der Waals surface area contributed by atoms with E-state index < -0.39 is 11.6 Å². The number of halogens is 2. The summed E-state index contributed by atoms with van der Waals surface area (Å²) in [5, 5.41) is 5.87. The van der Waals surface area contributed by atoms with Crippen LogP contribution in [0.25, 0.3) is 0 Å². The lowest BCUT2D eigenvalue weighted by atomic mass is 10.0. The van der Waals surface area contributed by atoms with Gasteiger partial charge in [-0.15, -0.1) is 0 Å². The van der Waals surface area contributed by atoms with Crippen LogP contribution >= 0.6 is 0 Å². The summed E-state index contributed by atoms with van der Waals surface area (Å²) in [6, 6.07) is 4.46. The van der Waals surface area contributed by atoms with Crippen molar-refractivity contribution >= 4 is 11.7 Å². The van der Waals surface area contributed by atoms with Gasteiger partial charge in [-0.25, -0.2) is 13.6 Å². The zero-order valence-electron chi connectivity index (χ0n) is 16.0. The molecule has 2 fully saturated rings. The van der Waals surface area contributed by atoms with Gasteiger partial charge in [0.05, 0.1) is 0 Å². The third-order valence-electron chi connectivity index (χ3n) is 5.73. The number of amides is 2. The molecule has 2 amide bonds. The molecule has 2 N–H and O–H groups in total. The highest BCUT2D eigenvalue weighted by molar-refractivity contribution is 5.73. The Kier molecular flexibility index (Phi) is 6.88. The molecule has 7 heteroatoms. The fraction of sp³-hybridized carbons (Fsp3) is 0.650. The summed E-state index contributed by atoms with van der Waals surface area (Å²) in [7, 11) is 0. The zero-order chi connectivity index (χ0) is 19.2. The highest BCUT2D eigenvalue weighted by atomic mass is 19.2. The number of rotatable bonds is 6. The van der Waals surface area contributed by atoms with Gasteiger partial charge in [0, 0.05) is 50.5 Å². The van der Waals surface area contributed by atoms with E-state index in [4.69, 9.17) is 0 Å². The van der Waals surface area contributed by atoms with E-state index in [-0.39, 0.29) is 6.03 Å². The maximum absolute atomic E-state index is 13.4. The smallest absolute Gasteiger partial charge is 0.314 e. The lowest BCUT2D eigenvalue weighted by Gasteiger charge is -2.33. The maximum atomic E-state index is 13.4. The van der Waals surface area contributed by atoms with Crippen LogP contribution in [-0.2, 0) is 0 Å². The number of hydrogen-bond donors (Lipinski definition) is 2. The summed E-state index contributed by atoms with van der Waals surface area (Å²) in [4.78, 5) is 16.5. The van der Waals surface area contributed by atoms with Crippen LogP contribution in [0.5, 0.6) is 0 Å². The van der Waals surface area contributed by atoms with Crippen LogP contribution in [0.1, 0.15) is 32.6 Å². The molecule has 3 rings (SSSR count). The van der Waals surface area contributed by atoms with Crippen molar-refractivity contribution in [3.8, 4) is 0 Å². The first-order valence-corrected chi connectivity index (χ1v) is 9.98. The van der Waals surface area contributed by atoms with Crippen molar-refractivity contribution < 1.29 is 13.6 Å². The van der Waals surface area contributed by atoms with E-state index in [1.807, 2.05) is 4.90 Å². The molecule has 0 aromatic heterocycles. The third-order valence-corrected chi connectivity index (χ3v) is 5.73. The Morgan fingerprint density at radius 3 is 2.78 bits per heavy atom. The van der Waals surface area contributed by atoms with E-state index in [0.717, 1.165) is 38.7 Å². The first-order valence-electron chi connectivity index (χ1n) is 9.98. The molecule has 2 aliphatic rings. The number of benzene rings is 1. The summed E-state index contributed by atoms with van der Waals surface area (Å²) in [5.74, 6) is -1.34. The van der Waals surface area contributed by atoms with Gasteiger partial charge in [-0.05, 0) is 50.8 Å². The molecule has 0 unspecified atom stereocenters. The Morgan fingerprint density at radius 1 is 1.15 bits per heavy atom. The van der Waals surface area contributed by atoms with E-state index >= 15 is 0 Å². The van der Waals surface area contributed by atoms with Crippen LogP contribution < -0.4 is 15.5 Å². The number of nitrogens with zero attached hydrogens (tertiary/aromatic N) is 2. The van der Waals surface area contributed by atoms with Crippen molar-refractivity contribution in [2.24, 2.45) is 5.92 Å². The molecule has 1 aromatic carbocycles. The van der Waals surface area contributed by atoms with Crippen molar-refractivity contribution in [3.05, 3.63) is 29.8 Å². The SMILES string of the molecule is C[C@H]1CCCCN1CCNC(=O)NC[C@@H]1CCN(c2ccc(F)c(F)c2)C1. The molecule has 0 radical (unpaired) electrons. The van der Waals surface area contributed by atoms with Crippen LogP contribution in [0.2, 0.25) is 0 Å². The molecule has 2 aliphatic heterocycles. The second-order valence-corrected chi connectivity index (χ2v) is 7.72. The number of piperidine rings is 1. The van der Waals surface area contributed by atoms with E-state index in [1.165, 1.54) is 25.3 Å². The molecule has 0 bridgehead atoms. The second kappa shape index (κ2) is 9.35. The number of hydrogen-bond acceptors (Lipinski definition) is 3. The average molecular weight is 380 g/mol. The van der Waals surface area contributed by atoms with Gasteiger partial charge in [-0.2, -0.15) is 0 Å². The fourth-order valence-electron chi connectivity index (χ4n) is 4.02. The van der Waals surface area contributed by atoms with Crippen LogP contribution in [0.3, 0.4) is 0 Å². The summed E-state index contributed by atoms with van der Waals surface area (Å²) in [6.45, 7) is 7.02. The van der Waals surface area contributed by atoms with Crippen molar-refractivity contribution in [3.63, 3.8) is 0 Å². The minimum absolute atomic E-state index is 0.133. The van der Waals surface area contributed by atoms with Gasteiger partial charge in [0.2, 0.25) is 0 Å². The summed E-state index contributed by atoms with van der Waals surface area (Å²) >= 11 is 0. The monoisotopic (exact) mass is 380 g/mol. The standard InChI is InChI=1S/C20H30F2N4O/c1-15-4-2-3-9-25(15)11-8-23-20(27)24-13-16-7-10-26(14-16)17-5-6-18(21)19(22)12-17/h5-6,12,15-16H,2-4,7-11,13-14H2,1H3,(H2,23,24,27)/t15-,16-/m0/s1. The minimum Gasteiger partial charge on any atom is -0.371 e. The largest absolute Gasteiger partial charge is 0.371 e. The van der Waals surface area contributed by atoms with Crippen molar-refractivity contribution in [1.29, 1.82) is 0 Å². The molecule has 1 aromatic rings. The molecule has 0 aliphatic carbocycles. The van der Waals surface area contributed by atoms with Crippen LogP contribution in [0.4, 0.5) is 19.3 Å². The highest BCUT2D eigenvalue weighted by Gasteiger charge is 2.24. The van der Waals surface area contributed by atoms with Gasteiger partial charge in [0.1, 0.15) is 0 Å². The van der Waals surface area contributed by atoms with E-state index in [0.29, 0.717) is 30.7 Å². The molecular weight excluding hydrogens is 350 g/mol. The predicted molar refractivity (Wildman–Crippen MR) is 103 cm³/mol. The van der Waals surface area contributed by atoms with Gasteiger partial charge in [-0.1, -0.05) is 6.42 Å². The minimum atomic E-state index is -0.827. The number of nitrogens with one attached hydrogen (secondary N) is 2. The molecule has 0 spiro atoms. The second-order valence-electron chi connectivity index (χ2n) is 7.72. The Morgan fingerprint density at radius 2 is 2.00 bits per heavy atom. The van der Waals surface area contributed by atoms with Crippen LogP contribution in [0, 0.1) is 17.6 Å². The Labute approximate surface area is 160 Å². The van der Waals surface area contributed by atoms with Gasteiger partial charge in [-0.3, -0.25) is 4.90 Å². The van der Waals surface area contributed by atoms with Gasteiger partial charge < -0.3 is 15.5 Å². The summed E-state index contributed by atoms with van der Waals surface area (Å²) < 4.78 is 26.5. The van der Waals surface area contributed by atoms with E-state index in [1.54, 1.807) is 6.07 Å². The number of anilines is 1. The third kappa shape index (κ3) is 5.54. The van der Waals surface area contributed by atoms with Crippen molar-refractivity contribution in [2.45, 2.75) is 38.6 Å². The average Bonchev–Trinajstić information content (AvgIpc) is 3.13. The molecule has 2 heterocycles. The Hall–Kier alpha value is -1.89. The number of carbonyl (C=O) groups is 1. The van der Waals surface area contributed by atoms with Gasteiger partial charge in [0.15, 0.2) is 11.6 Å². The van der Waals surface area contributed by atoms with Gasteiger partial charge >= 0.3 is 6.03 Å². The van der Waals surface area contributed by atoms with Crippen molar-refractivity contribution in [1.82, 2.24) is 15.5 Å². The first kappa shape index (κ1) is 19.9. The molecule has 2 saturated heterocycles. The maximum Gasteiger partial charge on any atom is 0.314 e. The van der Waals surface area contributed by atoms with Crippen molar-refractivity contribution in [2.75, 3.05) is 44.2 Å². The van der Waals surface area contributed by atoms with Gasteiger partial charge in [0.25, 0.3) is 0 Å². The Bertz CT molecular complexity index is 642. The van der Waals surface area contributed by atoms with E-state index in [2.05, 4.69) is 22.5 Å². The molecule has 27 heavy (non-hydrogen) atoms.